The number of nitrogens with one attached hydrogen (secondary N) is 1. The first-order valence-corrected chi connectivity index (χ1v) is 16.3. The van der Waals surface area contributed by atoms with E-state index in [0.29, 0.717) is 69.0 Å². The highest BCUT2D eigenvalue weighted by atomic mass is 32.2. The van der Waals surface area contributed by atoms with E-state index in [2.05, 4.69) is 10.3 Å². The normalized spacial score (nSPS) is 17.9. The number of anilines is 1. The van der Waals surface area contributed by atoms with Gasteiger partial charge in [-0.2, -0.15) is 4.98 Å². The van der Waals surface area contributed by atoms with Gasteiger partial charge in [-0.3, -0.25) is 9.36 Å². The molecule has 2 saturated heterocycles. The number of piperidine rings is 2. The minimum Gasteiger partial charge on any atom is -0.444 e. The molecule has 2 aliphatic heterocycles. The zero-order chi connectivity index (χ0) is 30.2. The number of hydrogen-bond donors (Lipinski definition) is 1. The van der Waals surface area contributed by atoms with E-state index in [1.807, 2.05) is 58.0 Å². The van der Waals surface area contributed by atoms with E-state index >= 15 is 0 Å². The molecule has 11 nitrogen and oxygen atoms in total. The van der Waals surface area contributed by atoms with Gasteiger partial charge in [0.1, 0.15) is 11.2 Å². The topological polar surface area (TPSA) is 127 Å². The van der Waals surface area contributed by atoms with Crippen molar-refractivity contribution in [3.8, 4) is 11.1 Å². The Labute approximate surface area is 246 Å². The van der Waals surface area contributed by atoms with Gasteiger partial charge in [0.25, 0.3) is 5.56 Å². The predicted octanol–water partition coefficient (Wildman–Crippen LogP) is 4.17. The van der Waals surface area contributed by atoms with E-state index in [9.17, 15) is 18.0 Å². The summed E-state index contributed by atoms with van der Waals surface area (Å²) in [6.45, 7) is 9.36. The SMILES string of the molecule is Cc1ccccc1-c1cc2cnc(NC3CCN(C(=O)OC(C)(C)C)CC3)nc2n(C2CCN(S(C)(=O)=O)CC2)c1=O. The van der Waals surface area contributed by atoms with Crippen molar-refractivity contribution < 1.29 is 17.9 Å². The summed E-state index contributed by atoms with van der Waals surface area (Å²) in [5, 5.41) is 4.15. The van der Waals surface area contributed by atoms with Gasteiger partial charge in [-0.15, -0.1) is 0 Å². The fourth-order valence-corrected chi connectivity index (χ4v) is 6.62. The molecule has 2 fully saturated rings. The van der Waals surface area contributed by atoms with Crippen LogP contribution in [0.3, 0.4) is 0 Å². The molecule has 1 aromatic carbocycles. The average Bonchev–Trinajstić information content (AvgIpc) is 2.92. The van der Waals surface area contributed by atoms with Crippen molar-refractivity contribution in [2.24, 2.45) is 0 Å². The van der Waals surface area contributed by atoms with Gasteiger partial charge < -0.3 is 15.0 Å². The Bertz CT molecular complexity index is 1630. The molecule has 2 aliphatic rings. The molecule has 1 N–H and O–H groups in total. The molecule has 0 atom stereocenters. The van der Waals surface area contributed by atoms with Gasteiger partial charge in [0, 0.05) is 55.4 Å². The molecular weight excluding hydrogens is 556 g/mol. The van der Waals surface area contributed by atoms with Crippen LogP contribution in [0.15, 0.2) is 41.3 Å². The summed E-state index contributed by atoms with van der Waals surface area (Å²) in [7, 11) is -3.30. The molecule has 5 rings (SSSR count). The Hall–Kier alpha value is -3.51. The summed E-state index contributed by atoms with van der Waals surface area (Å²) in [4.78, 5) is 37.7. The van der Waals surface area contributed by atoms with Crippen LogP contribution in [0.4, 0.5) is 10.7 Å². The van der Waals surface area contributed by atoms with Crippen LogP contribution in [0.1, 0.15) is 58.1 Å². The Morgan fingerprint density at radius 3 is 2.31 bits per heavy atom. The highest BCUT2D eigenvalue weighted by Crippen LogP contribution is 2.30. The number of ether oxygens (including phenoxy) is 1. The summed E-state index contributed by atoms with van der Waals surface area (Å²) < 4.78 is 33.0. The number of carbonyl (C=O) groups excluding carboxylic acids is 1. The Balaban J connectivity index is 1.44. The minimum absolute atomic E-state index is 0.0607. The molecule has 0 radical (unpaired) electrons. The molecule has 0 aliphatic carbocycles. The molecule has 12 heteroatoms. The second-order valence-electron chi connectivity index (χ2n) is 12.3. The van der Waals surface area contributed by atoms with Crippen molar-refractivity contribution in [1.82, 2.24) is 23.7 Å². The van der Waals surface area contributed by atoms with Crippen LogP contribution in [0, 0.1) is 6.92 Å². The van der Waals surface area contributed by atoms with E-state index in [1.165, 1.54) is 10.6 Å². The average molecular weight is 597 g/mol. The maximum absolute atomic E-state index is 14.1. The number of fused-ring (bicyclic) bond motifs is 1. The lowest BCUT2D eigenvalue weighted by Crippen LogP contribution is -2.44. The van der Waals surface area contributed by atoms with Gasteiger partial charge in [0.2, 0.25) is 16.0 Å². The number of likely N-dealkylation sites (tertiary alicyclic amines) is 1. The highest BCUT2D eigenvalue weighted by Gasteiger charge is 2.30. The van der Waals surface area contributed by atoms with Crippen LogP contribution < -0.4 is 10.9 Å². The third-order valence-electron chi connectivity index (χ3n) is 7.95. The summed E-state index contributed by atoms with van der Waals surface area (Å²) >= 11 is 0. The quantitative estimate of drug-likeness (QED) is 0.465. The third-order valence-corrected chi connectivity index (χ3v) is 9.25. The fraction of sp³-hybridized carbons (Fsp3) is 0.533. The Morgan fingerprint density at radius 1 is 1.02 bits per heavy atom. The van der Waals surface area contributed by atoms with Gasteiger partial charge in [-0.05, 0) is 70.6 Å². The van der Waals surface area contributed by atoms with Crippen LogP contribution in [-0.2, 0) is 14.8 Å². The molecule has 4 heterocycles. The first kappa shape index (κ1) is 30.0. The highest BCUT2D eigenvalue weighted by molar-refractivity contribution is 7.88. The zero-order valence-corrected chi connectivity index (χ0v) is 25.8. The van der Waals surface area contributed by atoms with E-state index in [4.69, 9.17) is 9.72 Å². The smallest absolute Gasteiger partial charge is 0.410 e. The molecule has 1 amide bonds. The second-order valence-corrected chi connectivity index (χ2v) is 14.3. The number of pyridine rings is 1. The van der Waals surface area contributed by atoms with Crippen molar-refractivity contribution in [2.75, 3.05) is 37.8 Å². The van der Waals surface area contributed by atoms with Gasteiger partial charge in [-0.25, -0.2) is 22.5 Å². The van der Waals surface area contributed by atoms with E-state index < -0.39 is 15.6 Å². The zero-order valence-electron chi connectivity index (χ0n) is 25.0. The van der Waals surface area contributed by atoms with Crippen molar-refractivity contribution in [1.29, 1.82) is 0 Å². The van der Waals surface area contributed by atoms with Crippen molar-refractivity contribution in [3.63, 3.8) is 0 Å². The van der Waals surface area contributed by atoms with E-state index in [1.54, 1.807) is 15.7 Å². The molecule has 2 aromatic heterocycles. The van der Waals surface area contributed by atoms with Gasteiger partial charge in [0.15, 0.2) is 0 Å². The first-order chi connectivity index (χ1) is 19.8. The lowest BCUT2D eigenvalue weighted by atomic mass is 9.99. The van der Waals surface area contributed by atoms with Crippen LogP contribution in [0.5, 0.6) is 0 Å². The minimum atomic E-state index is -3.30. The number of sulfonamides is 1. The van der Waals surface area contributed by atoms with Crippen molar-refractivity contribution in [2.45, 2.75) is 71.1 Å². The lowest BCUT2D eigenvalue weighted by molar-refractivity contribution is 0.0210. The molecule has 0 saturated carbocycles. The number of aromatic nitrogens is 3. The van der Waals surface area contributed by atoms with Gasteiger partial charge >= 0.3 is 6.09 Å². The summed E-state index contributed by atoms with van der Waals surface area (Å²) in [5.41, 5.74) is 2.25. The second kappa shape index (κ2) is 11.6. The number of amides is 1. The Kier molecular flexibility index (Phi) is 8.30. The van der Waals surface area contributed by atoms with Crippen molar-refractivity contribution >= 4 is 33.1 Å². The summed E-state index contributed by atoms with van der Waals surface area (Å²) in [6, 6.07) is 9.48. The number of benzene rings is 1. The van der Waals surface area contributed by atoms with Gasteiger partial charge in [-0.1, -0.05) is 24.3 Å². The van der Waals surface area contributed by atoms with E-state index in [0.717, 1.165) is 16.5 Å². The first-order valence-electron chi connectivity index (χ1n) is 14.5. The molecule has 226 valence electrons. The van der Waals surface area contributed by atoms with Crippen molar-refractivity contribution in [3.05, 3.63) is 52.4 Å². The molecule has 0 spiro atoms. The number of hydrogen-bond acceptors (Lipinski definition) is 8. The third kappa shape index (κ3) is 6.59. The standard InChI is InChI=1S/C30H40N6O5S/c1-20-8-6-7-9-24(20)25-18-21-19-31-28(32-22-10-14-34(15-11-22)29(38)41-30(2,3)4)33-26(21)36(27(25)37)23-12-16-35(17-13-23)42(5,39)40/h6-9,18-19,22-23H,10-17H2,1-5H3,(H,31,32,33). The monoisotopic (exact) mass is 596 g/mol. The van der Waals surface area contributed by atoms with Crippen LogP contribution >= 0.6 is 0 Å². The number of aryl methyl sites for hydroxylation is 1. The molecule has 0 bridgehead atoms. The summed E-state index contributed by atoms with van der Waals surface area (Å²) in [5.74, 6) is 0.420. The fourth-order valence-electron chi connectivity index (χ4n) is 5.74. The molecule has 0 unspecified atom stereocenters. The van der Waals surface area contributed by atoms with Crippen LogP contribution in [-0.4, -0.2) is 82.3 Å². The molecule has 3 aromatic rings. The lowest BCUT2D eigenvalue weighted by Gasteiger charge is -2.34. The Morgan fingerprint density at radius 2 is 1.69 bits per heavy atom. The van der Waals surface area contributed by atoms with Gasteiger partial charge in [0.05, 0.1) is 6.26 Å². The number of rotatable bonds is 5. The summed E-state index contributed by atoms with van der Waals surface area (Å²) in [6.07, 6.45) is 5.09. The number of carbonyl (C=O) groups is 1. The number of nitrogens with zero attached hydrogens (tertiary/aromatic N) is 5. The van der Waals surface area contributed by atoms with Crippen LogP contribution in [0.25, 0.3) is 22.2 Å². The maximum atomic E-state index is 14.1. The predicted molar refractivity (Wildman–Crippen MR) is 163 cm³/mol. The van der Waals surface area contributed by atoms with Crippen LogP contribution in [0.2, 0.25) is 0 Å². The van der Waals surface area contributed by atoms with E-state index in [-0.39, 0.29) is 23.7 Å². The largest absolute Gasteiger partial charge is 0.444 e. The molecule has 42 heavy (non-hydrogen) atoms. The molecular formula is C30H40N6O5S. The maximum Gasteiger partial charge on any atom is 0.410 e.